The second-order valence-electron chi connectivity index (χ2n) is 1.96. The number of rotatable bonds is 0. The normalized spacial score (nSPS) is 12.9. The molecule has 0 bridgehead atoms. The lowest BCUT2D eigenvalue weighted by atomic mass is 10.3. The Kier molecular flexibility index (Phi) is 0.833. The maximum Gasteiger partial charge on any atom is 0.0347 e. The molecule has 1 aromatic carbocycles. The Bertz CT molecular complexity index is 292. The van der Waals surface area contributed by atoms with E-state index in [4.69, 9.17) is 0 Å². The Balaban J connectivity index is 2.97. The van der Waals surface area contributed by atoms with Crippen molar-refractivity contribution in [1.29, 1.82) is 0 Å². The number of nitrogens with zero attached hydrogens (tertiary/aromatic N) is 1. The third-order valence-electron chi connectivity index (χ3n) is 1.36. The zero-order valence-corrected chi connectivity index (χ0v) is 4.83. The minimum absolute atomic E-state index is 1.16. The highest BCUT2D eigenvalue weighted by Gasteiger charge is 1.88. The van der Waals surface area contributed by atoms with E-state index in [2.05, 4.69) is 11.4 Å². The molecule has 0 unspecified atom stereocenters. The molecule has 0 aliphatic carbocycles. The number of hydrogen-bond donors (Lipinski definition) is 0. The van der Waals surface area contributed by atoms with Crippen molar-refractivity contribution >= 4 is 12.4 Å². The molecule has 9 heavy (non-hydrogen) atoms. The van der Waals surface area contributed by atoms with Crippen molar-refractivity contribution in [2.75, 3.05) is 0 Å². The van der Waals surface area contributed by atoms with Crippen LogP contribution in [0.5, 0.6) is 0 Å². The summed E-state index contributed by atoms with van der Waals surface area (Å²) in [5.74, 6) is 0. The van der Waals surface area contributed by atoms with Crippen molar-refractivity contribution in [3.63, 3.8) is 0 Å². The van der Waals surface area contributed by atoms with Crippen LogP contribution in [0.15, 0.2) is 18.2 Å². The first-order valence-corrected chi connectivity index (χ1v) is 2.83. The van der Waals surface area contributed by atoms with Crippen LogP contribution in [0.25, 0.3) is 12.4 Å². The lowest BCUT2D eigenvalue weighted by Gasteiger charge is -1.77. The van der Waals surface area contributed by atoms with E-state index >= 15 is 0 Å². The first-order chi connectivity index (χ1) is 4.47. The molecule has 1 aromatic rings. The fourth-order valence-electron chi connectivity index (χ4n) is 0.883. The summed E-state index contributed by atoms with van der Waals surface area (Å²) in [4.78, 5) is 0. The summed E-state index contributed by atoms with van der Waals surface area (Å²) in [7, 11) is 0. The van der Waals surface area contributed by atoms with Gasteiger partial charge in [0, 0.05) is 22.8 Å². The van der Waals surface area contributed by atoms with E-state index in [1.807, 2.05) is 30.6 Å². The highest BCUT2D eigenvalue weighted by atomic mass is 14.8. The molecule has 0 N–H and O–H groups in total. The van der Waals surface area contributed by atoms with Gasteiger partial charge >= 0.3 is 0 Å². The van der Waals surface area contributed by atoms with E-state index < -0.39 is 0 Å². The zero-order chi connectivity index (χ0) is 6.10. The Hall–Kier alpha value is -1.24. The predicted molar refractivity (Wildman–Crippen MR) is 35.6 cm³/mol. The van der Waals surface area contributed by atoms with Crippen LogP contribution in [0, 0.1) is 6.07 Å². The van der Waals surface area contributed by atoms with Crippen molar-refractivity contribution in [2.45, 2.75) is 0 Å². The number of benzene rings is 1. The Morgan fingerprint density at radius 3 is 3.00 bits per heavy atom. The number of hydrogen-bond acceptors (Lipinski definition) is 0. The predicted octanol–water partition coefficient (Wildman–Crippen LogP) is -0.419. The summed E-state index contributed by atoms with van der Waals surface area (Å²) in [6.07, 6.45) is 3.69. The molecule has 42 valence electrons. The molecule has 1 aliphatic rings. The van der Waals surface area contributed by atoms with Crippen molar-refractivity contribution in [3.8, 4) is 0 Å². The van der Waals surface area contributed by atoms with Gasteiger partial charge in [-0.05, 0) is 12.1 Å². The smallest absolute Gasteiger partial charge is 0.0347 e. The molecule has 1 nitrogen and oxygen atoms in total. The fourth-order valence-corrected chi connectivity index (χ4v) is 0.883. The zero-order valence-electron chi connectivity index (χ0n) is 4.83. The lowest BCUT2D eigenvalue weighted by Crippen LogP contribution is -2.19. The molecule has 1 aliphatic heterocycles. The van der Waals surface area contributed by atoms with Crippen molar-refractivity contribution in [2.24, 2.45) is 0 Å². The molecule has 0 spiro atoms. The fraction of sp³-hybridized carbons (Fsp3) is 0. The standard InChI is InChI=1S/C8H5N/c1-2-4-8-6-9-5-7(8)3-1/h1,3-6H. The Morgan fingerprint density at radius 2 is 2.11 bits per heavy atom. The summed E-state index contributed by atoms with van der Waals surface area (Å²) in [6.45, 7) is 0. The highest BCUT2D eigenvalue weighted by Crippen LogP contribution is 1.75. The van der Waals surface area contributed by atoms with E-state index in [-0.39, 0.29) is 0 Å². The van der Waals surface area contributed by atoms with Crippen LogP contribution >= 0.6 is 0 Å². The van der Waals surface area contributed by atoms with E-state index in [0.29, 0.717) is 0 Å². The van der Waals surface area contributed by atoms with E-state index in [1.54, 1.807) is 0 Å². The molecule has 0 saturated heterocycles. The van der Waals surface area contributed by atoms with E-state index in [1.165, 1.54) is 5.22 Å². The number of fused-ring (bicyclic) bond motifs is 1. The van der Waals surface area contributed by atoms with Gasteiger partial charge in [-0.1, -0.05) is 12.1 Å². The van der Waals surface area contributed by atoms with Gasteiger partial charge in [0.15, 0.2) is 0 Å². The van der Waals surface area contributed by atoms with Gasteiger partial charge in [-0.25, -0.2) is 0 Å². The van der Waals surface area contributed by atoms with Gasteiger partial charge in [-0.3, -0.25) is 5.32 Å². The van der Waals surface area contributed by atoms with Crippen molar-refractivity contribution in [1.82, 2.24) is 5.32 Å². The summed E-state index contributed by atoms with van der Waals surface area (Å²) < 4.78 is 0. The van der Waals surface area contributed by atoms with Crippen LogP contribution < -0.4 is 15.8 Å². The van der Waals surface area contributed by atoms with Gasteiger partial charge in [-0.15, -0.1) is 0 Å². The molecular weight excluding hydrogens is 110 g/mol. The minimum atomic E-state index is 1.16. The highest BCUT2D eigenvalue weighted by molar-refractivity contribution is 5.41. The van der Waals surface area contributed by atoms with Gasteiger partial charge in [0.25, 0.3) is 0 Å². The SMILES string of the molecule is [c]1ccc2c(c1)=C[N]C=2. The monoisotopic (exact) mass is 115 g/mol. The van der Waals surface area contributed by atoms with E-state index in [9.17, 15) is 0 Å². The third-order valence-corrected chi connectivity index (χ3v) is 1.36. The summed E-state index contributed by atoms with van der Waals surface area (Å²) >= 11 is 0. The van der Waals surface area contributed by atoms with Gasteiger partial charge in [0.1, 0.15) is 0 Å². The largest absolute Gasteiger partial charge is 0.263 e. The molecule has 0 saturated carbocycles. The first-order valence-electron chi connectivity index (χ1n) is 2.83. The van der Waals surface area contributed by atoms with Crippen molar-refractivity contribution in [3.05, 3.63) is 34.7 Å². The molecule has 0 fully saturated rings. The van der Waals surface area contributed by atoms with Crippen molar-refractivity contribution < 1.29 is 0 Å². The third kappa shape index (κ3) is 0.617. The average Bonchev–Trinajstić information content (AvgIpc) is 2.33. The molecule has 0 aromatic heterocycles. The maximum absolute atomic E-state index is 3.98. The first kappa shape index (κ1) is 4.62. The molecule has 1 heterocycles. The van der Waals surface area contributed by atoms with Gasteiger partial charge in [-0.2, -0.15) is 0 Å². The maximum atomic E-state index is 3.98. The van der Waals surface area contributed by atoms with Crippen LogP contribution in [0.3, 0.4) is 0 Å². The minimum Gasteiger partial charge on any atom is -0.263 e. The molecule has 0 amide bonds. The van der Waals surface area contributed by atoms with Crippen LogP contribution in [-0.4, -0.2) is 0 Å². The van der Waals surface area contributed by atoms with Crippen LogP contribution in [-0.2, 0) is 0 Å². The molecular formula is C8H5N. The lowest BCUT2D eigenvalue weighted by molar-refractivity contribution is 1.39. The van der Waals surface area contributed by atoms with Crippen LogP contribution in [0.4, 0.5) is 0 Å². The average molecular weight is 115 g/mol. The van der Waals surface area contributed by atoms with E-state index in [0.717, 1.165) is 5.22 Å². The van der Waals surface area contributed by atoms with Gasteiger partial charge in [0.2, 0.25) is 0 Å². The Morgan fingerprint density at radius 1 is 1.22 bits per heavy atom. The summed E-state index contributed by atoms with van der Waals surface area (Å²) in [5.41, 5.74) is 0. The topological polar surface area (TPSA) is 14.1 Å². The Labute approximate surface area is 53.3 Å². The van der Waals surface area contributed by atoms with Crippen LogP contribution in [0.1, 0.15) is 0 Å². The second kappa shape index (κ2) is 1.62. The van der Waals surface area contributed by atoms with Gasteiger partial charge < -0.3 is 0 Å². The summed E-state index contributed by atoms with van der Waals surface area (Å²) in [5, 5.41) is 6.33. The molecule has 0 atom stereocenters. The molecule has 2 rings (SSSR count). The second-order valence-corrected chi connectivity index (χ2v) is 1.96. The van der Waals surface area contributed by atoms with Crippen LogP contribution in [0.2, 0.25) is 0 Å². The summed E-state index contributed by atoms with van der Waals surface area (Å²) in [6, 6.07) is 8.81. The quantitative estimate of drug-likeness (QED) is 0.436. The molecule has 1 heteroatoms. The van der Waals surface area contributed by atoms with Gasteiger partial charge in [0.05, 0.1) is 0 Å². The molecule has 2 radical (unpaired) electrons.